The van der Waals surface area contributed by atoms with Crippen molar-refractivity contribution in [1.29, 1.82) is 0 Å². The summed E-state index contributed by atoms with van der Waals surface area (Å²) in [5, 5.41) is 32.0. The van der Waals surface area contributed by atoms with Crippen LogP contribution in [0.25, 0.3) is 22.5 Å². The third-order valence-corrected chi connectivity index (χ3v) is 12.7. The molecule has 0 spiro atoms. The number of rotatable bonds is 20. The second kappa shape index (κ2) is 22.9. The summed E-state index contributed by atoms with van der Waals surface area (Å²) in [6, 6.07) is 24.4. The van der Waals surface area contributed by atoms with Gasteiger partial charge >= 0.3 is 5.97 Å². The van der Waals surface area contributed by atoms with Crippen LogP contribution < -0.4 is 18.9 Å². The highest BCUT2D eigenvalue weighted by Crippen LogP contribution is 2.38. The summed E-state index contributed by atoms with van der Waals surface area (Å²) in [6.07, 6.45) is 4.60. The minimum atomic E-state index is -1.57. The predicted octanol–water partition coefficient (Wildman–Crippen LogP) is 11.2. The molecule has 0 amide bonds. The van der Waals surface area contributed by atoms with Crippen LogP contribution in [-0.4, -0.2) is 76.4 Å². The Bertz CT molecular complexity index is 2980. The zero-order valence-electron chi connectivity index (χ0n) is 40.3. The Morgan fingerprint density at radius 2 is 1.04 bits per heavy atom. The lowest BCUT2D eigenvalue weighted by Crippen LogP contribution is -2.25. The van der Waals surface area contributed by atoms with Gasteiger partial charge in [0.05, 0.1) is 78.5 Å². The van der Waals surface area contributed by atoms with Gasteiger partial charge in [-0.25, -0.2) is 23.5 Å². The fraction of sp³-hybridized carbons (Fsp3) is 0.327. The van der Waals surface area contributed by atoms with E-state index in [0.29, 0.717) is 62.2 Å². The van der Waals surface area contributed by atoms with Gasteiger partial charge in [-0.3, -0.25) is 9.59 Å². The largest absolute Gasteiger partial charge is 0.493 e. The molecule has 72 heavy (non-hydrogen) atoms. The maximum Gasteiger partial charge on any atom is 0.337 e. The quantitative estimate of drug-likeness (QED) is 0.0485. The molecule has 0 aliphatic heterocycles. The van der Waals surface area contributed by atoms with Gasteiger partial charge in [0, 0.05) is 35.1 Å². The second-order valence-corrected chi connectivity index (χ2v) is 18.9. The molecule has 3 N–H and O–H groups in total. The van der Waals surface area contributed by atoms with Gasteiger partial charge in [-0.1, -0.05) is 23.2 Å². The molecule has 2 saturated carbocycles. The molecular formula is C55H54Cl2F2N2O11. The monoisotopic (exact) mass is 1030 g/mol. The summed E-state index contributed by atoms with van der Waals surface area (Å²) in [4.78, 5) is 47.2. The normalized spacial score (nSPS) is 14.7. The number of Topliss-reactive ketones (excluding diaryl/α,β-unsaturated/α-hetero) is 2. The molecule has 2 unspecified atom stereocenters. The Hall–Kier alpha value is -6.49. The second-order valence-electron chi connectivity index (χ2n) is 18.0. The van der Waals surface area contributed by atoms with Gasteiger partial charge < -0.3 is 39.0 Å². The zero-order valence-corrected chi connectivity index (χ0v) is 41.8. The highest BCUT2D eigenvalue weighted by molar-refractivity contribution is 6.31. The minimum Gasteiger partial charge on any atom is -0.493 e. The van der Waals surface area contributed by atoms with E-state index in [2.05, 4.69) is 9.97 Å². The van der Waals surface area contributed by atoms with E-state index in [1.165, 1.54) is 76.8 Å². The number of carbonyl (C=O) groups excluding carboxylic acids is 3. The van der Waals surface area contributed by atoms with Crippen LogP contribution in [0.4, 0.5) is 8.78 Å². The van der Waals surface area contributed by atoms with Gasteiger partial charge in [-0.15, -0.1) is 0 Å². The van der Waals surface area contributed by atoms with Crippen molar-refractivity contribution in [3.05, 3.63) is 152 Å². The maximum atomic E-state index is 13.7. The number of esters is 1. The van der Waals surface area contributed by atoms with Crippen molar-refractivity contribution in [3.8, 4) is 45.5 Å². The molecule has 2 aliphatic rings. The number of hydrogen-bond donors (Lipinski definition) is 3. The van der Waals surface area contributed by atoms with Crippen LogP contribution in [0.2, 0.25) is 10.0 Å². The number of methoxy groups -OCH3 is 3. The van der Waals surface area contributed by atoms with Crippen LogP contribution in [0.3, 0.4) is 0 Å². The maximum absolute atomic E-state index is 13.7. The number of aliphatic hydroxyl groups is 3. The number of halogens is 4. The molecular weight excluding hydrogens is 974 g/mol. The number of benzene rings is 4. The van der Waals surface area contributed by atoms with E-state index in [1.807, 2.05) is 0 Å². The lowest BCUT2D eigenvalue weighted by molar-refractivity contribution is 0.0394. The van der Waals surface area contributed by atoms with Gasteiger partial charge in [-0.05, 0) is 155 Å². The fourth-order valence-corrected chi connectivity index (χ4v) is 7.83. The Morgan fingerprint density at radius 3 is 1.44 bits per heavy atom. The number of ether oxygens (including phenoxy) is 5. The molecule has 2 heterocycles. The molecule has 17 heteroatoms. The first-order valence-electron chi connectivity index (χ1n) is 23.2. The van der Waals surface area contributed by atoms with Crippen LogP contribution in [0, 0.1) is 11.6 Å². The highest BCUT2D eigenvalue weighted by Gasteiger charge is 2.31. The Balaban J connectivity index is 0.000000212. The first-order valence-corrected chi connectivity index (χ1v) is 23.9. The smallest absolute Gasteiger partial charge is 0.337 e. The van der Waals surface area contributed by atoms with Gasteiger partial charge in [0.25, 0.3) is 0 Å². The summed E-state index contributed by atoms with van der Waals surface area (Å²) in [7, 11) is 4.28. The Morgan fingerprint density at radius 1 is 0.597 bits per heavy atom. The van der Waals surface area contributed by atoms with Gasteiger partial charge in [-0.2, -0.15) is 0 Å². The van der Waals surface area contributed by atoms with Crippen LogP contribution in [0.5, 0.6) is 23.0 Å². The summed E-state index contributed by atoms with van der Waals surface area (Å²) in [6.45, 7) is 2.80. The topological polar surface area (TPSA) is 184 Å². The van der Waals surface area contributed by atoms with Crippen molar-refractivity contribution in [3.63, 3.8) is 0 Å². The molecule has 8 rings (SSSR count). The van der Waals surface area contributed by atoms with Crippen LogP contribution in [0.15, 0.2) is 97.1 Å². The van der Waals surface area contributed by atoms with E-state index in [0.717, 1.165) is 25.7 Å². The standard InChI is InChI=1S/C28H27ClFNO6.C27H27ClFNO5/c1-28(34,11-10-23(32)17-5-9-24(25(14-17)35-2)37-19-6-7-19)26-15-18(27(33)36-3)13-22(31-26)16-4-8-21(30)20(29)12-16;1-27(33,10-9-23(32)18-4-8-24(25(14-18)34-2)35-19-5-6-19)26-12-16(15-31)11-22(30-26)17-3-7-21(29)20(28)13-17/h4-5,8-9,12-15,19,34H,6-7,10-11H2,1-3H3;3-4,7-8,11-14,19,31,33H,5-6,9-10,15H2,1-2H3. The molecule has 0 radical (unpaired) electrons. The van der Waals surface area contributed by atoms with E-state index < -0.39 is 28.8 Å². The number of nitrogens with zero attached hydrogens (tertiary/aromatic N) is 2. The van der Waals surface area contributed by atoms with Crippen LogP contribution in [-0.2, 0) is 22.5 Å². The van der Waals surface area contributed by atoms with Crippen molar-refractivity contribution in [2.45, 2.75) is 95.2 Å². The summed E-state index contributed by atoms with van der Waals surface area (Å²) < 4.78 is 54.5. The van der Waals surface area contributed by atoms with Crippen molar-refractivity contribution in [2.75, 3.05) is 21.3 Å². The SMILES string of the molecule is COC(=O)c1cc(-c2ccc(F)c(Cl)c2)nc(C(C)(O)CCC(=O)c2ccc(OC3CC3)c(OC)c2)c1.COc1cc(C(=O)CCC(C)(O)c2cc(CO)cc(-c3ccc(F)c(Cl)c3)n2)ccc1OC1CC1. The van der Waals surface area contributed by atoms with Crippen molar-refractivity contribution < 1.29 is 62.2 Å². The minimum absolute atomic E-state index is 0.000818. The summed E-state index contributed by atoms with van der Waals surface area (Å²) in [5.74, 6) is 0.0197. The average Bonchev–Trinajstić information content (AvgIpc) is 4.34. The summed E-state index contributed by atoms with van der Waals surface area (Å²) >= 11 is 11.8. The number of aromatic nitrogens is 2. The Labute approximate surface area is 425 Å². The van der Waals surface area contributed by atoms with E-state index in [1.54, 1.807) is 55.5 Å². The fourth-order valence-electron chi connectivity index (χ4n) is 7.47. The van der Waals surface area contributed by atoms with E-state index in [-0.39, 0.29) is 83.1 Å². The lowest BCUT2D eigenvalue weighted by atomic mass is 9.91. The first-order chi connectivity index (χ1) is 34.3. The molecule has 13 nitrogen and oxygen atoms in total. The number of ketones is 2. The van der Waals surface area contributed by atoms with Crippen LogP contribution >= 0.6 is 23.2 Å². The van der Waals surface area contributed by atoms with Crippen LogP contribution in [0.1, 0.15) is 113 Å². The van der Waals surface area contributed by atoms with E-state index >= 15 is 0 Å². The van der Waals surface area contributed by atoms with Gasteiger partial charge in [0.1, 0.15) is 22.8 Å². The number of pyridine rings is 2. The predicted molar refractivity (Wildman–Crippen MR) is 266 cm³/mol. The molecule has 0 bridgehead atoms. The average molecular weight is 1030 g/mol. The first kappa shape index (κ1) is 53.3. The lowest BCUT2D eigenvalue weighted by Gasteiger charge is -2.24. The third-order valence-electron chi connectivity index (χ3n) is 12.1. The molecule has 4 aromatic carbocycles. The molecule has 2 aliphatic carbocycles. The molecule has 2 aromatic heterocycles. The third kappa shape index (κ3) is 13.5. The van der Waals surface area contributed by atoms with Gasteiger partial charge in [0.15, 0.2) is 34.6 Å². The molecule has 378 valence electrons. The highest BCUT2D eigenvalue weighted by atomic mass is 35.5. The molecule has 2 fully saturated rings. The van der Waals surface area contributed by atoms with Crippen molar-refractivity contribution in [2.24, 2.45) is 0 Å². The van der Waals surface area contributed by atoms with E-state index in [9.17, 15) is 38.5 Å². The van der Waals surface area contributed by atoms with Gasteiger partial charge in [0.2, 0.25) is 0 Å². The number of carbonyl (C=O) groups is 3. The molecule has 0 saturated heterocycles. The zero-order chi connectivity index (χ0) is 51.9. The van der Waals surface area contributed by atoms with Crippen molar-refractivity contribution >= 4 is 40.7 Å². The molecule has 6 aromatic rings. The number of aliphatic hydroxyl groups excluding tert-OH is 1. The summed E-state index contributed by atoms with van der Waals surface area (Å²) in [5.41, 5.74) is 0.676. The number of hydrogen-bond acceptors (Lipinski definition) is 13. The molecule has 2 atom stereocenters. The Kier molecular flexibility index (Phi) is 17.0. The van der Waals surface area contributed by atoms with E-state index in [4.69, 9.17) is 46.9 Å². The van der Waals surface area contributed by atoms with Crippen molar-refractivity contribution in [1.82, 2.24) is 9.97 Å².